The maximum atomic E-state index is 6.17. The highest BCUT2D eigenvalue weighted by molar-refractivity contribution is 5.88. The first-order valence-electron chi connectivity index (χ1n) is 8.34. The van der Waals surface area contributed by atoms with Crippen molar-refractivity contribution in [3.8, 4) is 11.4 Å². The molecule has 0 bridgehead atoms. The molecule has 25 heavy (non-hydrogen) atoms. The quantitative estimate of drug-likeness (QED) is 0.536. The van der Waals surface area contributed by atoms with Crippen molar-refractivity contribution in [2.75, 3.05) is 0 Å². The normalized spacial score (nSPS) is 12.2. The maximum absolute atomic E-state index is 6.17. The molecule has 0 amide bonds. The third-order valence-electron chi connectivity index (χ3n) is 4.28. The Morgan fingerprint density at radius 2 is 1.68 bits per heavy atom. The molecule has 1 aromatic heterocycles. The van der Waals surface area contributed by atoms with Gasteiger partial charge in [0.2, 0.25) is 0 Å². The van der Waals surface area contributed by atoms with Gasteiger partial charge in [-0.05, 0) is 37.4 Å². The number of hydrogen-bond acceptors (Lipinski definition) is 3. The Hall–Kier alpha value is -3.14. The molecule has 1 atom stereocenters. The van der Waals surface area contributed by atoms with E-state index in [-0.39, 0.29) is 6.10 Å². The Bertz CT molecular complexity index is 1000. The molecule has 124 valence electrons. The molecule has 4 nitrogen and oxygen atoms in total. The van der Waals surface area contributed by atoms with Crippen LogP contribution in [0.3, 0.4) is 0 Å². The number of fused-ring (bicyclic) bond motifs is 1. The third-order valence-corrected chi connectivity index (χ3v) is 4.28. The van der Waals surface area contributed by atoms with Crippen LogP contribution in [-0.2, 0) is 0 Å². The molecule has 0 saturated carbocycles. The van der Waals surface area contributed by atoms with Crippen LogP contribution in [-0.4, -0.2) is 15.0 Å². The monoisotopic (exact) mass is 329 g/mol. The summed E-state index contributed by atoms with van der Waals surface area (Å²) in [4.78, 5) is 0. The van der Waals surface area contributed by atoms with Crippen molar-refractivity contribution in [2.45, 2.75) is 20.0 Å². The maximum Gasteiger partial charge on any atom is 0.141 e. The van der Waals surface area contributed by atoms with Gasteiger partial charge in [0.05, 0.1) is 11.9 Å². The van der Waals surface area contributed by atoms with Gasteiger partial charge in [0.15, 0.2) is 0 Å². The first-order valence-corrected chi connectivity index (χ1v) is 8.34. The molecular weight excluding hydrogens is 310 g/mol. The van der Waals surface area contributed by atoms with Crippen molar-refractivity contribution < 1.29 is 4.74 Å². The second-order valence-electron chi connectivity index (χ2n) is 6.16. The van der Waals surface area contributed by atoms with Gasteiger partial charge in [0, 0.05) is 5.39 Å². The van der Waals surface area contributed by atoms with Gasteiger partial charge < -0.3 is 4.74 Å². The van der Waals surface area contributed by atoms with E-state index in [0.29, 0.717) is 0 Å². The van der Waals surface area contributed by atoms with E-state index in [4.69, 9.17) is 4.74 Å². The third kappa shape index (κ3) is 3.11. The van der Waals surface area contributed by atoms with Crippen LogP contribution in [0.5, 0.6) is 5.75 Å². The lowest BCUT2D eigenvalue weighted by Crippen LogP contribution is -2.04. The summed E-state index contributed by atoms with van der Waals surface area (Å²) in [7, 11) is 0. The van der Waals surface area contributed by atoms with E-state index >= 15 is 0 Å². The Balaban J connectivity index is 1.59. The molecule has 1 unspecified atom stereocenters. The summed E-state index contributed by atoms with van der Waals surface area (Å²) in [5, 5.41) is 10.8. The summed E-state index contributed by atoms with van der Waals surface area (Å²) in [6.07, 6.45) is 1.73. The molecule has 0 fully saturated rings. The first-order chi connectivity index (χ1) is 12.2. The molecule has 4 rings (SSSR count). The fourth-order valence-electron chi connectivity index (χ4n) is 2.84. The molecule has 0 N–H and O–H groups in total. The van der Waals surface area contributed by atoms with Crippen LogP contribution in [0.1, 0.15) is 24.3 Å². The van der Waals surface area contributed by atoms with Gasteiger partial charge in [0.25, 0.3) is 0 Å². The van der Waals surface area contributed by atoms with Crippen LogP contribution < -0.4 is 4.74 Å². The molecule has 3 aromatic carbocycles. The molecule has 4 aromatic rings. The first kappa shape index (κ1) is 15.4. The molecule has 1 heterocycles. The molecule has 4 heteroatoms. The van der Waals surface area contributed by atoms with E-state index in [1.807, 2.05) is 49.5 Å². The van der Waals surface area contributed by atoms with Crippen molar-refractivity contribution in [1.82, 2.24) is 15.0 Å². The fourth-order valence-corrected chi connectivity index (χ4v) is 2.84. The highest BCUT2D eigenvalue weighted by Crippen LogP contribution is 2.29. The topological polar surface area (TPSA) is 39.9 Å². The van der Waals surface area contributed by atoms with Gasteiger partial charge in [-0.15, -0.1) is 5.10 Å². The van der Waals surface area contributed by atoms with Gasteiger partial charge in [-0.2, -0.15) is 0 Å². The summed E-state index contributed by atoms with van der Waals surface area (Å²) in [5.41, 5.74) is 3.01. The molecule has 0 saturated heterocycles. The number of ether oxygens (including phenoxy) is 1. The van der Waals surface area contributed by atoms with Gasteiger partial charge in [-0.1, -0.05) is 59.3 Å². The minimum atomic E-state index is -0.190. The van der Waals surface area contributed by atoms with Gasteiger partial charge >= 0.3 is 0 Å². The number of rotatable bonds is 4. The average molecular weight is 329 g/mol. The van der Waals surface area contributed by atoms with E-state index in [1.54, 1.807) is 4.68 Å². The zero-order chi connectivity index (χ0) is 17.2. The average Bonchev–Trinajstić information content (AvgIpc) is 3.13. The SMILES string of the molecule is Cc1ccc(-n2cc(C(C)Oc3cccc4ccccc34)nn2)cc1. The predicted molar refractivity (Wildman–Crippen MR) is 99.1 cm³/mol. The molecule has 0 spiro atoms. The van der Waals surface area contributed by atoms with E-state index in [2.05, 4.69) is 47.6 Å². The number of benzene rings is 3. The van der Waals surface area contributed by atoms with Gasteiger partial charge in [0.1, 0.15) is 17.5 Å². The van der Waals surface area contributed by atoms with Crippen LogP contribution in [0, 0.1) is 6.92 Å². The Morgan fingerprint density at radius 3 is 2.52 bits per heavy atom. The fraction of sp³-hybridized carbons (Fsp3) is 0.143. The van der Waals surface area contributed by atoms with Gasteiger partial charge in [-0.25, -0.2) is 4.68 Å². The van der Waals surface area contributed by atoms with Crippen molar-refractivity contribution in [1.29, 1.82) is 0 Å². The number of hydrogen-bond donors (Lipinski definition) is 0. The minimum absolute atomic E-state index is 0.190. The van der Waals surface area contributed by atoms with Crippen molar-refractivity contribution in [3.05, 3.63) is 84.2 Å². The lowest BCUT2D eigenvalue weighted by Gasteiger charge is -2.14. The van der Waals surface area contributed by atoms with E-state index in [0.717, 1.165) is 27.9 Å². The molecule has 0 aliphatic rings. The smallest absolute Gasteiger partial charge is 0.141 e. The molecule has 0 aliphatic heterocycles. The summed E-state index contributed by atoms with van der Waals surface area (Å²) in [6, 6.07) is 22.5. The van der Waals surface area contributed by atoms with Crippen LogP contribution in [0.2, 0.25) is 0 Å². The summed E-state index contributed by atoms with van der Waals surface area (Å²) in [6.45, 7) is 4.06. The van der Waals surface area contributed by atoms with Crippen LogP contribution >= 0.6 is 0 Å². The Kier molecular flexibility index (Phi) is 3.94. The zero-order valence-electron chi connectivity index (χ0n) is 14.3. The zero-order valence-corrected chi connectivity index (χ0v) is 14.3. The van der Waals surface area contributed by atoms with E-state index < -0.39 is 0 Å². The van der Waals surface area contributed by atoms with Crippen LogP contribution in [0.15, 0.2) is 72.9 Å². The second-order valence-corrected chi connectivity index (χ2v) is 6.16. The Labute approximate surface area is 146 Å². The number of nitrogens with zero attached hydrogens (tertiary/aromatic N) is 3. The van der Waals surface area contributed by atoms with Gasteiger partial charge in [-0.3, -0.25) is 0 Å². The highest BCUT2D eigenvalue weighted by Gasteiger charge is 2.14. The lowest BCUT2D eigenvalue weighted by molar-refractivity contribution is 0.224. The number of aromatic nitrogens is 3. The van der Waals surface area contributed by atoms with Crippen LogP contribution in [0.4, 0.5) is 0 Å². The molecule has 0 aliphatic carbocycles. The molecule has 0 radical (unpaired) electrons. The van der Waals surface area contributed by atoms with Crippen molar-refractivity contribution in [3.63, 3.8) is 0 Å². The summed E-state index contributed by atoms with van der Waals surface area (Å²) < 4.78 is 7.94. The standard InChI is InChI=1S/C21H19N3O/c1-15-10-12-18(13-11-15)24-14-20(22-23-24)16(2)25-21-9-5-7-17-6-3-4-8-19(17)21/h3-14,16H,1-2H3. The number of aryl methyl sites for hydroxylation is 1. The summed E-state index contributed by atoms with van der Waals surface area (Å²) >= 11 is 0. The van der Waals surface area contributed by atoms with Crippen molar-refractivity contribution in [2.24, 2.45) is 0 Å². The molecular formula is C21H19N3O. The van der Waals surface area contributed by atoms with E-state index in [9.17, 15) is 0 Å². The largest absolute Gasteiger partial charge is 0.484 e. The minimum Gasteiger partial charge on any atom is -0.484 e. The second kappa shape index (κ2) is 6.40. The van der Waals surface area contributed by atoms with Crippen LogP contribution in [0.25, 0.3) is 16.5 Å². The lowest BCUT2D eigenvalue weighted by atomic mass is 10.1. The predicted octanol–water partition coefficient (Wildman–Crippen LogP) is 4.87. The highest BCUT2D eigenvalue weighted by atomic mass is 16.5. The van der Waals surface area contributed by atoms with E-state index in [1.165, 1.54) is 5.56 Å². The Morgan fingerprint density at radius 1 is 0.920 bits per heavy atom. The summed E-state index contributed by atoms with van der Waals surface area (Å²) in [5.74, 6) is 0.857. The van der Waals surface area contributed by atoms with Crippen molar-refractivity contribution >= 4 is 10.8 Å².